The van der Waals surface area contributed by atoms with E-state index in [4.69, 9.17) is 4.74 Å². The van der Waals surface area contributed by atoms with E-state index in [0.717, 1.165) is 26.2 Å². The molecule has 0 aliphatic heterocycles. The lowest BCUT2D eigenvalue weighted by molar-refractivity contribution is 0.0139. The second-order valence-electron chi connectivity index (χ2n) is 4.24. The Morgan fingerprint density at radius 3 is 2.57 bits per heavy atom. The number of hydrogen-bond donors (Lipinski definition) is 2. The van der Waals surface area contributed by atoms with E-state index < -0.39 is 5.60 Å². The summed E-state index contributed by atoms with van der Waals surface area (Å²) in [5.41, 5.74) is -0.606. The smallest absolute Gasteiger partial charge is 0.0766 e. The van der Waals surface area contributed by atoms with Gasteiger partial charge in [-0.1, -0.05) is 13.8 Å². The zero-order valence-electron chi connectivity index (χ0n) is 9.97. The Labute approximate surface area is 87.8 Å². The van der Waals surface area contributed by atoms with Crippen LogP contribution in [0.3, 0.4) is 0 Å². The van der Waals surface area contributed by atoms with Crippen molar-refractivity contribution in [2.24, 2.45) is 5.92 Å². The Bertz CT molecular complexity index is 135. The third-order valence-corrected chi connectivity index (χ3v) is 2.57. The van der Waals surface area contributed by atoms with Crippen LogP contribution in [0.4, 0.5) is 0 Å². The van der Waals surface area contributed by atoms with Gasteiger partial charge in [-0.2, -0.15) is 0 Å². The van der Waals surface area contributed by atoms with E-state index in [1.54, 1.807) is 0 Å². The van der Waals surface area contributed by atoms with Gasteiger partial charge in [0.15, 0.2) is 0 Å². The number of nitrogens with one attached hydrogen (secondary N) is 1. The zero-order chi connectivity index (χ0) is 11.0. The lowest BCUT2D eigenvalue weighted by Gasteiger charge is -2.27. The Morgan fingerprint density at radius 1 is 1.43 bits per heavy atom. The zero-order valence-corrected chi connectivity index (χ0v) is 9.97. The number of ether oxygens (including phenoxy) is 1. The van der Waals surface area contributed by atoms with Gasteiger partial charge in [-0.15, -0.1) is 0 Å². The highest BCUT2D eigenvalue weighted by Gasteiger charge is 2.23. The molecule has 1 unspecified atom stereocenters. The molecule has 0 aromatic carbocycles. The van der Waals surface area contributed by atoms with E-state index >= 15 is 0 Å². The van der Waals surface area contributed by atoms with E-state index in [1.807, 2.05) is 27.7 Å². The van der Waals surface area contributed by atoms with Crippen LogP contribution in [0.1, 0.15) is 34.1 Å². The van der Waals surface area contributed by atoms with Gasteiger partial charge in [0.05, 0.1) is 5.60 Å². The Kier molecular flexibility index (Phi) is 7.15. The lowest BCUT2D eigenvalue weighted by atomic mass is 9.92. The first kappa shape index (κ1) is 13.9. The molecule has 3 nitrogen and oxygen atoms in total. The van der Waals surface area contributed by atoms with Crippen LogP contribution in [0.2, 0.25) is 0 Å². The quantitative estimate of drug-likeness (QED) is 0.586. The summed E-state index contributed by atoms with van der Waals surface area (Å²) in [5.74, 6) is 0.280. The molecule has 2 N–H and O–H groups in total. The van der Waals surface area contributed by atoms with Gasteiger partial charge in [-0.25, -0.2) is 0 Å². The molecule has 0 aliphatic carbocycles. The number of hydrogen-bond acceptors (Lipinski definition) is 3. The van der Waals surface area contributed by atoms with Crippen molar-refractivity contribution in [1.29, 1.82) is 0 Å². The molecule has 0 aromatic rings. The number of rotatable bonds is 8. The van der Waals surface area contributed by atoms with Crippen molar-refractivity contribution in [3.8, 4) is 0 Å². The van der Waals surface area contributed by atoms with Gasteiger partial charge < -0.3 is 15.2 Å². The topological polar surface area (TPSA) is 41.5 Å². The summed E-state index contributed by atoms with van der Waals surface area (Å²) in [6, 6.07) is 0. The van der Waals surface area contributed by atoms with E-state index in [1.165, 1.54) is 0 Å². The molecule has 3 heteroatoms. The maximum atomic E-state index is 9.90. The lowest BCUT2D eigenvalue weighted by Crippen LogP contribution is -2.42. The first-order valence-electron chi connectivity index (χ1n) is 5.51. The van der Waals surface area contributed by atoms with Crippen LogP contribution >= 0.6 is 0 Å². The van der Waals surface area contributed by atoms with E-state index in [9.17, 15) is 5.11 Å². The van der Waals surface area contributed by atoms with Crippen molar-refractivity contribution in [2.75, 3.05) is 26.3 Å². The van der Waals surface area contributed by atoms with Crippen LogP contribution in [0.5, 0.6) is 0 Å². The van der Waals surface area contributed by atoms with Gasteiger partial charge in [0.25, 0.3) is 0 Å². The van der Waals surface area contributed by atoms with Crippen LogP contribution < -0.4 is 5.32 Å². The summed E-state index contributed by atoms with van der Waals surface area (Å²) in [6.45, 7) is 11.1. The van der Waals surface area contributed by atoms with Gasteiger partial charge in [0.2, 0.25) is 0 Å². The minimum absolute atomic E-state index is 0.280. The van der Waals surface area contributed by atoms with Gasteiger partial charge in [-0.3, -0.25) is 0 Å². The molecule has 0 bridgehead atoms. The number of aliphatic hydroxyl groups is 1. The molecule has 14 heavy (non-hydrogen) atoms. The van der Waals surface area contributed by atoms with Crippen molar-refractivity contribution in [1.82, 2.24) is 5.32 Å². The standard InChI is InChI=1S/C11H25NO2/c1-5-14-8-6-7-12-9-11(4,13)10(2)3/h10,12-13H,5-9H2,1-4H3. The average Bonchev–Trinajstić information content (AvgIpc) is 2.10. The SMILES string of the molecule is CCOCCCNCC(C)(O)C(C)C. The molecule has 0 heterocycles. The maximum Gasteiger partial charge on any atom is 0.0766 e. The van der Waals surface area contributed by atoms with E-state index in [2.05, 4.69) is 5.32 Å². The summed E-state index contributed by atoms with van der Waals surface area (Å²) in [4.78, 5) is 0. The Morgan fingerprint density at radius 2 is 2.07 bits per heavy atom. The normalized spacial score (nSPS) is 15.9. The average molecular weight is 203 g/mol. The molecule has 0 radical (unpaired) electrons. The fraction of sp³-hybridized carbons (Fsp3) is 1.00. The fourth-order valence-corrected chi connectivity index (χ4v) is 0.989. The molecule has 0 saturated carbocycles. The summed E-state index contributed by atoms with van der Waals surface area (Å²) in [6.07, 6.45) is 1.00. The second kappa shape index (κ2) is 7.21. The molecule has 0 aliphatic rings. The highest BCUT2D eigenvalue weighted by molar-refractivity contribution is 4.78. The highest BCUT2D eigenvalue weighted by atomic mass is 16.5. The van der Waals surface area contributed by atoms with Crippen molar-refractivity contribution >= 4 is 0 Å². The van der Waals surface area contributed by atoms with E-state index in [0.29, 0.717) is 6.54 Å². The van der Waals surface area contributed by atoms with Crippen LogP contribution in [-0.2, 0) is 4.74 Å². The first-order chi connectivity index (χ1) is 6.50. The first-order valence-corrected chi connectivity index (χ1v) is 5.51. The predicted octanol–water partition coefficient (Wildman–Crippen LogP) is 1.41. The molecular formula is C11H25NO2. The molecule has 0 fully saturated rings. The van der Waals surface area contributed by atoms with Gasteiger partial charge in [0.1, 0.15) is 0 Å². The molecule has 86 valence electrons. The van der Waals surface area contributed by atoms with Crippen LogP contribution in [-0.4, -0.2) is 37.0 Å². The summed E-state index contributed by atoms with van der Waals surface area (Å²) >= 11 is 0. The minimum Gasteiger partial charge on any atom is -0.389 e. The molecular weight excluding hydrogens is 178 g/mol. The van der Waals surface area contributed by atoms with Crippen molar-refractivity contribution < 1.29 is 9.84 Å². The van der Waals surface area contributed by atoms with Gasteiger partial charge in [0, 0.05) is 19.8 Å². The molecule has 0 aromatic heterocycles. The summed E-state index contributed by atoms with van der Waals surface area (Å²) in [7, 11) is 0. The maximum absolute atomic E-state index is 9.90. The second-order valence-corrected chi connectivity index (χ2v) is 4.24. The predicted molar refractivity (Wildman–Crippen MR) is 59.4 cm³/mol. The molecule has 1 atom stereocenters. The Hall–Kier alpha value is -0.120. The van der Waals surface area contributed by atoms with Crippen molar-refractivity contribution in [3.63, 3.8) is 0 Å². The third-order valence-electron chi connectivity index (χ3n) is 2.57. The minimum atomic E-state index is -0.606. The van der Waals surface area contributed by atoms with Gasteiger partial charge in [-0.05, 0) is 32.7 Å². The van der Waals surface area contributed by atoms with Crippen LogP contribution in [0.25, 0.3) is 0 Å². The molecule has 0 amide bonds. The Balaban J connectivity index is 3.35. The summed E-state index contributed by atoms with van der Waals surface area (Å²) < 4.78 is 5.21. The molecule has 0 spiro atoms. The summed E-state index contributed by atoms with van der Waals surface area (Å²) in [5, 5.41) is 13.1. The van der Waals surface area contributed by atoms with Crippen molar-refractivity contribution in [3.05, 3.63) is 0 Å². The third kappa shape index (κ3) is 6.35. The fourth-order valence-electron chi connectivity index (χ4n) is 0.989. The molecule has 0 rings (SSSR count). The van der Waals surface area contributed by atoms with E-state index in [-0.39, 0.29) is 5.92 Å². The van der Waals surface area contributed by atoms with Crippen molar-refractivity contribution in [2.45, 2.75) is 39.7 Å². The largest absolute Gasteiger partial charge is 0.389 e. The highest BCUT2D eigenvalue weighted by Crippen LogP contribution is 2.14. The van der Waals surface area contributed by atoms with Crippen LogP contribution in [0.15, 0.2) is 0 Å². The van der Waals surface area contributed by atoms with Gasteiger partial charge >= 0.3 is 0 Å². The van der Waals surface area contributed by atoms with Crippen LogP contribution in [0, 0.1) is 5.92 Å². The monoisotopic (exact) mass is 203 g/mol. The molecule has 0 saturated heterocycles.